The number of nitrogens with one attached hydrogen (secondary N) is 1. The van der Waals surface area contributed by atoms with E-state index in [4.69, 9.17) is 4.74 Å². The lowest BCUT2D eigenvalue weighted by Crippen LogP contribution is -2.43. The minimum Gasteiger partial charge on any atom is -0.379 e. The van der Waals surface area contributed by atoms with Crippen LogP contribution in [-0.4, -0.2) is 46.2 Å². The topological polar surface area (TPSA) is 58.6 Å². The molecule has 2 aromatic carbocycles. The van der Waals surface area contributed by atoms with Gasteiger partial charge in [0.15, 0.2) is 0 Å². The van der Waals surface area contributed by atoms with Crippen LogP contribution >= 0.6 is 15.9 Å². The second kappa shape index (κ2) is 8.63. The maximum absolute atomic E-state index is 12.9. The van der Waals surface area contributed by atoms with Crippen molar-refractivity contribution in [2.75, 3.05) is 32.8 Å². The summed E-state index contributed by atoms with van der Waals surface area (Å²) in [5.74, 6) is 0. The number of hydrogen-bond donors (Lipinski definition) is 1. The van der Waals surface area contributed by atoms with Gasteiger partial charge in [0.2, 0.25) is 10.0 Å². The molecule has 1 saturated heterocycles. The van der Waals surface area contributed by atoms with E-state index in [2.05, 4.69) is 25.6 Å². The van der Waals surface area contributed by atoms with E-state index >= 15 is 0 Å². The van der Waals surface area contributed by atoms with Crippen molar-refractivity contribution in [2.45, 2.75) is 17.9 Å². The van der Waals surface area contributed by atoms with Crippen molar-refractivity contribution in [3.8, 4) is 0 Å². The Hall–Kier alpha value is -1.25. The number of nitrogens with zero attached hydrogens (tertiary/aromatic N) is 1. The Morgan fingerprint density at radius 3 is 2.50 bits per heavy atom. The predicted octanol–water partition coefficient (Wildman–Crippen LogP) is 3.11. The summed E-state index contributed by atoms with van der Waals surface area (Å²) in [6, 6.07) is 14.4. The minimum atomic E-state index is -3.63. The Morgan fingerprint density at radius 2 is 1.85 bits per heavy atom. The van der Waals surface area contributed by atoms with Crippen LogP contribution in [0.1, 0.15) is 17.2 Å². The number of benzene rings is 2. The highest BCUT2D eigenvalue weighted by atomic mass is 79.9. The van der Waals surface area contributed by atoms with Crippen LogP contribution in [0.3, 0.4) is 0 Å². The van der Waals surface area contributed by atoms with E-state index in [1.54, 1.807) is 18.2 Å². The summed E-state index contributed by atoms with van der Waals surface area (Å²) < 4.78 is 34.8. The van der Waals surface area contributed by atoms with Gasteiger partial charge in [-0.25, -0.2) is 13.1 Å². The zero-order chi connectivity index (χ0) is 18.6. The Balaban J connectivity index is 1.85. The molecule has 1 aliphatic rings. The Morgan fingerprint density at radius 1 is 1.15 bits per heavy atom. The summed E-state index contributed by atoms with van der Waals surface area (Å²) in [4.78, 5) is 2.49. The third-order valence-corrected chi connectivity index (χ3v) is 6.39. The number of sulfonamides is 1. The molecule has 0 aromatic heterocycles. The van der Waals surface area contributed by atoms with Gasteiger partial charge in [-0.05, 0) is 30.7 Å². The van der Waals surface area contributed by atoms with Gasteiger partial charge < -0.3 is 4.74 Å². The van der Waals surface area contributed by atoms with Gasteiger partial charge in [0, 0.05) is 24.1 Å². The van der Waals surface area contributed by atoms with Crippen LogP contribution in [0.2, 0.25) is 0 Å². The van der Waals surface area contributed by atoms with Crippen LogP contribution in [0.25, 0.3) is 0 Å². The number of rotatable bonds is 6. The molecular formula is C19H23BrN2O3S. The summed E-state index contributed by atoms with van der Waals surface area (Å²) in [6.45, 7) is 5.60. The zero-order valence-corrected chi connectivity index (χ0v) is 17.1. The standard InChI is InChI=1S/C19H23BrN2O3S/c1-15-5-7-16(8-6-15)19(14-22-9-11-25-12-10-22)21-26(23,24)18-4-2-3-17(20)13-18/h2-8,13,19,21H,9-12,14H2,1H3. The van der Waals surface area contributed by atoms with Crippen molar-refractivity contribution < 1.29 is 13.2 Å². The van der Waals surface area contributed by atoms with Crippen LogP contribution in [-0.2, 0) is 14.8 Å². The maximum Gasteiger partial charge on any atom is 0.241 e. The average molecular weight is 439 g/mol. The molecule has 1 fully saturated rings. The molecule has 1 aliphatic heterocycles. The first kappa shape index (κ1) is 19.5. The molecule has 5 nitrogen and oxygen atoms in total. The molecule has 0 bridgehead atoms. The van der Waals surface area contributed by atoms with Gasteiger partial charge in [-0.2, -0.15) is 0 Å². The number of halogens is 1. The van der Waals surface area contributed by atoms with Gasteiger partial charge in [-0.15, -0.1) is 0 Å². The lowest BCUT2D eigenvalue weighted by atomic mass is 10.1. The highest BCUT2D eigenvalue weighted by Gasteiger charge is 2.24. The molecule has 140 valence electrons. The molecule has 1 N–H and O–H groups in total. The fourth-order valence-corrected chi connectivity index (χ4v) is 4.75. The quantitative estimate of drug-likeness (QED) is 0.752. The van der Waals surface area contributed by atoms with Crippen molar-refractivity contribution in [3.63, 3.8) is 0 Å². The van der Waals surface area contributed by atoms with Gasteiger partial charge in [0.05, 0.1) is 24.2 Å². The van der Waals surface area contributed by atoms with Gasteiger partial charge in [-0.3, -0.25) is 4.90 Å². The molecule has 0 aliphatic carbocycles. The first-order valence-electron chi connectivity index (χ1n) is 8.58. The van der Waals surface area contributed by atoms with Crippen LogP contribution < -0.4 is 4.72 Å². The van der Waals surface area contributed by atoms with E-state index in [-0.39, 0.29) is 10.9 Å². The van der Waals surface area contributed by atoms with E-state index < -0.39 is 10.0 Å². The van der Waals surface area contributed by atoms with E-state index in [0.717, 1.165) is 28.7 Å². The molecular weight excluding hydrogens is 416 g/mol. The van der Waals surface area contributed by atoms with E-state index in [0.29, 0.717) is 19.8 Å². The number of aryl methyl sites for hydroxylation is 1. The van der Waals surface area contributed by atoms with E-state index in [9.17, 15) is 8.42 Å². The van der Waals surface area contributed by atoms with Crippen LogP contribution in [0.15, 0.2) is 57.9 Å². The van der Waals surface area contributed by atoms with Crippen molar-refractivity contribution in [1.29, 1.82) is 0 Å². The van der Waals surface area contributed by atoms with Crippen LogP contribution in [0.4, 0.5) is 0 Å². The van der Waals surface area contributed by atoms with Crippen LogP contribution in [0, 0.1) is 6.92 Å². The minimum absolute atomic E-state index is 0.256. The predicted molar refractivity (Wildman–Crippen MR) is 106 cm³/mol. The zero-order valence-electron chi connectivity index (χ0n) is 14.7. The second-order valence-corrected chi connectivity index (χ2v) is 9.08. The maximum atomic E-state index is 12.9. The van der Waals surface area contributed by atoms with Crippen molar-refractivity contribution in [3.05, 3.63) is 64.1 Å². The first-order valence-corrected chi connectivity index (χ1v) is 10.9. The summed E-state index contributed by atoms with van der Waals surface area (Å²) in [5.41, 5.74) is 2.11. The summed E-state index contributed by atoms with van der Waals surface area (Å²) in [6.07, 6.45) is 0. The van der Waals surface area contributed by atoms with Gasteiger partial charge in [0.1, 0.15) is 0 Å². The highest BCUT2D eigenvalue weighted by Crippen LogP contribution is 2.21. The normalized spacial score (nSPS) is 17.2. The van der Waals surface area contributed by atoms with Crippen LogP contribution in [0.5, 0.6) is 0 Å². The number of hydrogen-bond acceptors (Lipinski definition) is 4. The third-order valence-electron chi connectivity index (χ3n) is 4.43. The molecule has 3 rings (SSSR count). The molecule has 1 unspecified atom stereocenters. The lowest BCUT2D eigenvalue weighted by molar-refractivity contribution is 0.0345. The Kier molecular flexibility index (Phi) is 6.47. The SMILES string of the molecule is Cc1ccc(C(CN2CCOCC2)NS(=O)(=O)c2cccc(Br)c2)cc1. The summed E-state index contributed by atoms with van der Waals surface area (Å²) >= 11 is 3.34. The lowest BCUT2D eigenvalue weighted by Gasteiger charge is -2.31. The molecule has 7 heteroatoms. The highest BCUT2D eigenvalue weighted by molar-refractivity contribution is 9.10. The molecule has 1 atom stereocenters. The summed E-state index contributed by atoms with van der Waals surface area (Å²) in [7, 11) is -3.63. The molecule has 0 spiro atoms. The molecule has 2 aromatic rings. The Labute approximate surface area is 163 Å². The second-order valence-electron chi connectivity index (χ2n) is 6.45. The summed E-state index contributed by atoms with van der Waals surface area (Å²) in [5, 5.41) is 0. The fourth-order valence-electron chi connectivity index (χ4n) is 2.94. The van der Waals surface area contributed by atoms with Crippen molar-refractivity contribution in [2.24, 2.45) is 0 Å². The van der Waals surface area contributed by atoms with E-state index in [1.807, 2.05) is 37.3 Å². The molecule has 26 heavy (non-hydrogen) atoms. The smallest absolute Gasteiger partial charge is 0.241 e. The molecule has 0 radical (unpaired) electrons. The fraction of sp³-hybridized carbons (Fsp3) is 0.368. The monoisotopic (exact) mass is 438 g/mol. The van der Waals surface area contributed by atoms with Gasteiger partial charge in [-0.1, -0.05) is 51.8 Å². The largest absolute Gasteiger partial charge is 0.379 e. The number of ether oxygens (including phenoxy) is 1. The van der Waals surface area contributed by atoms with Gasteiger partial charge >= 0.3 is 0 Å². The van der Waals surface area contributed by atoms with Crippen molar-refractivity contribution >= 4 is 26.0 Å². The average Bonchev–Trinajstić information content (AvgIpc) is 2.62. The Bertz CT molecular complexity index is 834. The first-order chi connectivity index (χ1) is 12.4. The number of morpholine rings is 1. The molecule has 0 saturated carbocycles. The molecule has 1 heterocycles. The van der Waals surface area contributed by atoms with Crippen molar-refractivity contribution in [1.82, 2.24) is 9.62 Å². The molecule has 0 amide bonds. The third kappa shape index (κ3) is 5.14. The van der Waals surface area contributed by atoms with Gasteiger partial charge in [0.25, 0.3) is 0 Å². The van der Waals surface area contributed by atoms with E-state index in [1.165, 1.54) is 0 Å².